The van der Waals surface area contributed by atoms with Gasteiger partial charge in [0.2, 0.25) is 0 Å². The van der Waals surface area contributed by atoms with E-state index in [-0.39, 0.29) is 5.45 Å². The summed E-state index contributed by atoms with van der Waals surface area (Å²) in [5.41, 5.74) is 9.00. The maximum Gasteiger partial charge on any atom is 0.440 e. The van der Waals surface area contributed by atoms with Crippen LogP contribution in [-0.2, 0) is 9.09 Å². The molecule has 0 saturated heterocycles. The first-order chi connectivity index (χ1) is 8.60. The van der Waals surface area contributed by atoms with Crippen LogP contribution in [0.1, 0.15) is 5.56 Å². The van der Waals surface area contributed by atoms with E-state index in [9.17, 15) is 9.46 Å². The molecule has 18 heavy (non-hydrogen) atoms. The predicted molar refractivity (Wildman–Crippen MR) is 68.5 cm³/mol. The fourth-order valence-corrected chi connectivity index (χ4v) is 2.55. The van der Waals surface area contributed by atoms with E-state index in [1.165, 1.54) is 0 Å². The van der Waals surface area contributed by atoms with Crippen LogP contribution in [0.5, 0.6) is 0 Å². The third kappa shape index (κ3) is 2.13. The number of hydrogen-bond donors (Lipinski definition) is 1. The van der Waals surface area contributed by atoms with Gasteiger partial charge in [-0.1, -0.05) is 36.4 Å². The molecule has 0 aromatic heterocycles. The van der Waals surface area contributed by atoms with E-state index in [2.05, 4.69) is 9.31 Å². The summed E-state index contributed by atoms with van der Waals surface area (Å²) < 4.78 is 16.3. The lowest BCUT2D eigenvalue weighted by molar-refractivity contribution is -0.00169. The summed E-state index contributed by atoms with van der Waals surface area (Å²) in [5.74, 6) is 0. The molecule has 0 spiro atoms. The van der Waals surface area contributed by atoms with Crippen molar-refractivity contribution in [3.8, 4) is 0 Å². The molecule has 5 nitrogen and oxygen atoms in total. The molecular formula is C12H11N2O3P. The van der Waals surface area contributed by atoms with Crippen molar-refractivity contribution < 1.29 is 18.8 Å². The van der Waals surface area contributed by atoms with Gasteiger partial charge in [0.25, 0.3) is 0 Å². The first kappa shape index (κ1) is 12.7. The Morgan fingerprint density at radius 3 is 2.61 bits per heavy atom. The fourth-order valence-electron chi connectivity index (χ4n) is 1.77. The molecule has 0 amide bonds. The minimum atomic E-state index is -4.11. The van der Waals surface area contributed by atoms with Gasteiger partial charge in [0.05, 0.1) is 5.56 Å². The molecule has 0 radical (unpaired) electrons. The third-order valence-electron chi connectivity index (χ3n) is 2.64. The Labute approximate surface area is 104 Å². The van der Waals surface area contributed by atoms with Crippen LogP contribution in [0.2, 0.25) is 0 Å². The second kappa shape index (κ2) is 4.84. The van der Waals surface area contributed by atoms with E-state index in [1.54, 1.807) is 24.3 Å². The smallest absolute Gasteiger partial charge is 0.360 e. The van der Waals surface area contributed by atoms with Crippen LogP contribution in [-0.4, -0.2) is 22.2 Å². The molecule has 0 heterocycles. The van der Waals surface area contributed by atoms with E-state index < -0.39 is 7.60 Å². The normalized spacial score (nSPS) is 13.9. The minimum Gasteiger partial charge on any atom is -0.360 e. The number of nitrogens with zero attached hydrogens (tertiary/aromatic N) is 2. The molecule has 92 valence electrons. The Kier molecular flexibility index (Phi) is 3.41. The molecule has 1 atom stereocenters. The lowest BCUT2D eigenvalue weighted by atomic mass is 10.1. The molecule has 0 aliphatic rings. The minimum absolute atomic E-state index is 0.359. The zero-order valence-corrected chi connectivity index (χ0v) is 10.5. The molecule has 0 aliphatic carbocycles. The van der Waals surface area contributed by atoms with E-state index in [4.69, 9.17) is 5.53 Å². The molecule has 2 rings (SSSR count). The topological polar surface area (TPSA) is 82.9 Å². The lowest BCUT2D eigenvalue weighted by Gasteiger charge is -2.06. The van der Waals surface area contributed by atoms with Gasteiger partial charge < -0.3 is 14.9 Å². The summed E-state index contributed by atoms with van der Waals surface area (Å²) in [5, 5.41) is 1.60. The van der Waals surface area contributed by atoms with Crippen LogP contribution in [0.15, 0.2) is 42.5 Å². The first-order valence-electron chi connectivity index (χ1n) is 5.19. The van der Waals surface area contributed by atoms with Crippen LogP contribution in [0.25, 0.3) is 16.3 Å². The highest BCUT2D eigenvalue weighted by atomic mass is 31.2. The Hall–Kier alpha value is -1.77. The molecule has 0 saturated carbocycles. The largest absolute Gasteiger partial charge is 0.440 e. The van der Waals surface area contributed by atoms with Gasteiger partial charge in [0.1, 0.15) is 0 Å². The molecule has 2 aromatic rings. The SMILES string of the molecule is COP(=O)(O)C(=[N+]=[N-])c1cccc2ccccc12. The van der Waals surface area contributed by atoms with Gasteiger partial charge in [-0.3, -0.25) is 0 Å². The van der Waals surface area contributed by atoms with Crippen molar-refractivity contribution in [2.75, 3.05) is 7.11 Å². The maximum atomic E-state index is 11.8. The van der Waals surface area contributed by atoms with Crippen LogP contribution >= 0.6 is 7.60 Å². The molecule has 6 heteroatoms. The number of fused-ring (bicyclic) bond motifs is 1. The summed E-state index contributed by atoms with van der Waals surface area (Å²) in [6.45, 7) is 0. The summed E-state index contributed by atoms with van der Waals surface area (Å²) in [6.07, 6.45) is 0. The van der Waals surface area contributed by atoms with Crippen LogP contribution in [0, 0.1) is 0 Å². The monoisotopic (exact) mass is 262 g/mol. The zero-order valence-electron chi connectivity index (χ0n) is 9.65. The van der Waals surface area contributed by atoms with E-state index in [0.29, 0.717) is 5.56 Å². The average Bonchev–Trinajstić information content (AvgIpc) is 2.39. The summed E-state index contributed by atoms with van der Waals surface area (Å²) in [4.78, 5) is 12.6. The Morgan fingerprint density at radius 1 is 1.28 bits per heavy atom. The van der Waals surface area contributed by atoms with Crippen LogP contribution < -0.4 is 0 Å². The maximum absolute atomic E-state index is 11.8. The van der Waals surface area contributed by atoms with Gasteiger partial charge in [-0.05, 0) is 16.8 Å². The highest BCUT2D eigenvalue weighted by molar-refractivity contribution is 7.71. The highest BCUT2D eigenvalue weighted by Crippen LogP contribution is 2.45. The summed E-state index contributed by atoms with van der Waals surface area (Å²) >= 11 is 0. The first-order valence-corrected chi connectivity index (χ1v) is 6.77. The predicted octanol–water partition coefficient (Wildman–Crippen LogP) is 2.65. The van der Waals surface area contributed by atoms with Crippen molar-refractivity contribution in [1.29, 1.82) is 0 Å². The van der Waals surface area contributed by atoms with Crippen molar-refractivity contribution in [3.63, 3.8) is 0 Å². The van der Waals surface area contributed by atoms with E-state index in [1.807, 2.05) is 18.2 Å². The molecule has 1 N–H and O–H groups in total. The number of benzene rings is 2. The van der Waals surface area contributed by atoms with Crippen molar-refractivity contribution in [1.82, 2.24) is 0 Å². The third-order valence-corrected chi connectivity index (χ3v) is 4.00. The molecular weight excluding hydrogens is 251 g/mol. The van der Waals surface area contributed by atoms with E-state index >= 15 is 0 Å². The van der Waals surface area contributed by atoms with Crippen molar-refractivity contribution in [3.05, 3.63) is 53.6 Å². The van der Waals surface area contributed by atoms with Gasteiger partial charge in [0, 0.05) is 7.11 Å². The van der Waals surface area contributed by atoms with Crippen molar-refractivity contribution in [2.45, 2.75) is 0 Å². The average molecular weight is 262 g/mol. The van der Waals surface area contributed by atoms with Crippen molar-refractivity contribution in [2.24, 2.45) is 0 Å². The molecule has 0 bridgehead atoms. The number of hydrogen-bond acceptors (Lipinski definition) is 2. The summed E-state index contributed by atoms with van der Waals surface area (Å²) in [7, 11) is -3.02. The molecule has 0 aliphatic heterocycles. The second-order valence-corrected chi connectivity index (χ2v) is 5.48. The Bertz CT molecular complexity index is 687. The Balaban J connectivity index is 2.75. The van der Waals surface area contributed by atoms with Gasteiger partial charge in [0.15, 0.2) is 0 Å². The second-order valence-electron chi connectivity index (χ2n) is 3.65. The molecule has 2 aromatic carbocycles. The lowest BCUT2D eigenvalue weighted by Crippen LogP contribution is -2.05. The molecule has 1 unspecified atom stereocenters. The quantitative estimate of drug-likeness (QED) is 0.399. The van der Waals surface area contributed by atoms with Gasteiger partial charge >= 0.3 is 13.0 Å². The number of rotatable bonds is 3. The van der Waals surface area contributed by atoms with Crippen molar-refractivity contribution >= 4 is 23.8 Å². The fraction of sp³-hybridized carbons (Fsp3) is 0.0833. The highest BCUT2D eigenvalue weighted by Gasteiger charge is 2.37. The van der Waals surface area contributed by atoms with Gasteiger partial charge in [-0.2, -0.15) is 4.79 Å². The standard InChI is InChI=1S/C12H11N2O3P/c1-17-18(15,16)12(14-13)11-8-4-6-9-5-2-3-7-10(9)11/h2-8H,1H3,(H,15,16). The van der Waals surface area contributed by atoms with Crippen LogP contribution in [0.4, 0.5) is 0 Å². The Morgan fingerprint density at radius 2 is 1.94 bits per heavy atom. The van der Waals surface area contributed by atoms with E-state index in [0.717, 1.165) is 17.9 Å². The summed E-state index contributed by atoms with van der Waals surface area (Å²) in [6, 6.07) is 12.5. The van der Waals surface area contributed by atoms with Gasteiger partial charge in [-0.25, -0.2) is 4.57 Å². The zero-order chi connectivity index (χ0) is 13.2. The molecule has 0 fully saturated rings. The van der Waals surface area contributed by atoms with Gasteiger partial charge in [-0.15, -0.1) is 0 Å². The van der Waals surface area contributed by atoms with Crippen LogP contribution in [0.3, 0.4) is 0 Å².